The lowest BCUT2D eigenvalue weighted by Crippen LogP contribution is -2.58. The first-order valence-electron chi connectivity index (χ1n) is 15.0. The number of nitrogens with one attached hydrogen (secondary N) is 1. The first-order valence-corrected chi connectivity index (χ1v) is 16.0. The molecular formula is C29H31F3N8O9S. The van der Waals surface area contributed by atoms with E-state index in [9.17, 15) is 48.6 Å². The number of amides is 1. The molecule has 1 amide bonds. The number of hydrogen-bond acceptors (Lipinski definition) is 15. The first-order chi connectivity index (χ1) is 23.9. The summed E-state index contributed by atoms with van der Waals surface area (Å²) in [4.78, 5) is 15.4. The van der Waals surface area contributed by atoms with Crippen LogP contribution in [0.5, 0.6) is 0 Å². The Hall–Kier alpha value is -4.06. The van der Waals surface area contributed by atoms with Crippen LogP contribution in [0.15, 0.2) is 42.9 Å². The van der Waals surface area contributed by atoms with Crippen LogP contribution in [-0.2, 0) is 14.3 Å². The van der Waals surface area contributed by atoms with E-state index in [1.807, 2.05) is 0 Å². The van der Waals surface area contributed by atoms with Gasteiger partial charge in [-0.3, -0.25) is 4.79 Å². The van der Waals surface area contributed by atoms with Crippen molar-refractivity contribution in [1.82, 2.24) is 35.0 Å². The minimum atomic E-state index is -1.68. The molecule has 50 heavy (non-hydrogen) atoms. The number of carbonyl (C=O) groups excluding carboxylic acids is 1. The van der Waals surface area contributed by atoms with Gasteiger partial charge in [0.2, 0.25) is 5.91 Å². The number of pyridine rings is 1. The van der Waals surface area contributed by atoms with Crippen molar-refractivity contribution < 1.29 is 58.1 Å². The largest absolute Gasteiger partial charge is 0.394 e. The molecule has 1 aromatic carbocycles. The Morgan fingerprint density at radius 1 is 0.820 bits per heavy atom. The quantitative estimate of drug-likeness (QED) is 0.106. The molecule has 2 fully saturated rings. The number of thioether (sulfide) groups is 1. The minimum Gasteiger partial charge on any atom is -0.394 e. The molecule has 5 heterocycles. The van der Waals surface area contributed by atoms with Crippen LogP contribution in [0.2, 0.25) is 0 Å². The molecule has 17 nitrogen and oxygen atoms in total. The molecule has 0 aliphatic carbocycles. The van der Waals surface area contributed by atoms with Gasteiger partial charge in [0.15, 0.2) is 17.5 Å². The van der Waals surface area contributed by atoms with E-state index in [0.717, 1.165) is 22.6 Å². The third kappa shape index (κ3) is 6.95. The average Bonchev–Trinajstić information content (AvgIpc) is 3.77. The van der Waals surface area contributed by atoms with Crippen molar-refractivity contribution in [2.24, 2.45) is 0 Å². The highest BCUT2D eigenvalue weighted by molar-refractivity contribution is 8.00. The summed E-state index contributed by atoms with van der Waals surface area (Å²) in [5.74, 6) is -4.61. The van der Waals surface area contributed by atoms with Gasteiger partial charge in [-0.25, -0.2) is 27.5 Å². The zero-order chi connectivity index (χ0) is 35.9. The van der Waals surface area contributed by atoms with Gasteiger partial charge in [-0.1, -0.05) is 22.2 Å². The van der Waals surface area contributed by atoms with Crippen molar-refractivity contribution in [3.05, 3.63) is 60.3 Å². The van der Waals surface area contributed by atoms with Gasteiger partial charge in [0.05, 0.1) is 25.6 Å². The molecule has 21 heteroatoms. The van der Waals surface area contributed by atoms with Gasteiger partial charge in [-0.2, -0.15) is 0 Å². The maximum absolute atomic E-state index is 13.9. The smallest absolute Gasteiger partial charge is 0.222 e. The van der Waals surface area contributed by atoms with Crippen LogP contribution in [0, 0.1) is 17.5 Å². The van der Waals surface area contributed by atoms with Crippen molar-refractivity contribution in [1.29, 1.82) is 0 Å². The molecule has 6 rings (SSSR count). The van der Waals surface area contributed by atoms with Crippen LogP contribution in [0.4, 0.5) is 19.0 Å². The topological polar surface area (TPSA) is 243 Å². The minimum absolute atomic E-state index is 0.126. The fraction of sp³-hybridized carbons (Fsp3) is 0.448. The number of aliphatic hydroxyl groups excluding tert-OH is 6. The predicted octanol–water partition coefficient (Wildman–Crippen LogP) is -0.632. The van der Waals surface area contributed by atoms with E-state index in [1.54, 1.807) is 12.1 Å². The second kappa shape index (κ2) is 14.7. The predicted molar refractivity (Wildman–Crippen MR) is 164 cm³/mol. The molecule has 2 aliphatic rings. The Morgan fingerprint density at radius 2 is 1.32 bits per heavy atom. The van der Waals surface area contributed by atoms with E-state index in [0.29, 0.717) is 29.2 Å². The summed E-state index contributed by atoms with van der Waals surface area (Å²) in [6, 6.07) is 1.95. The Kier molecular flexibility index (Phi) is 10.5. The van der Waals surface area contributed by atoms with Crippen molar-refractivity contribution in [3.8, 4) is 22.5 Å². The molecule has 4 aromatic rings. The molecule has 0 saturated carbocycles. The van der Waals surface area contributed by atoms with Gasteiger partial charge in [0, 0.05) is 24.2 Å². The molecule has 7 N–H and O–H groups in total. The van der Waals surface area contributed by atoms with Gasteiger partial charge in [0.1, 0.15) is 76.8 Å². The molecule has 0 radical (unpaired) electrons. The Labute approximate surface area is 284 Å². The highest BCUT2D eigenvalue weighted by Crippen LogP contribution is 2.42. The van der Waals surface area contributed by atoms with Crippen LogP contribution in [-0.4, -0.2) is 132 Å². The van der Waals surface area contributed by atoms with Gasteiger partial charge in [-0.15, -0.1) is 10.2 Å². The zero-order valence-electron chi connectivity index (χ0n) is 25.8. The van der Waals surface area contributed by atoms with E-state index in [-0.39, 0.29) is 17.2 Å². The molecule has 10 atom stereocenters. The van der Waals surface area contributed by atoms with Gasteiger partial charge < -0.3 is 45.4 Å². The van der Waals surface area contributed by atoms with E-state index in [1.165, 1.54) is 24.0 Å². The van der Waals surface area contributed by atoms with Gasteiger partial charge >= 0.3 is 0 Å². The lowest BCUT2D eigenvalue weighted by molar-refractivity contribution is -0.189. The maximum Gasteiger partial charge on any atom is 0.222 e. The second-order valence-electron chi connectivity index (χ2n) is 11.6. The van der Waals surface area contributed by atoms with Crippen LogP contribution in [0.25, 0.3) is 22.5 Å². The van der Waals surface area contributed by atoms with Crippen LogP contribution in [0.3, 0.4) is 0 Å². The molecule has 5 unspecified atom stereocenters. The van der Waals surface area contributed by atoms with E-state index >= 15 is 0 Å². The van der Waals surface area contributed by atoms with Crippen LogP contribution < -0.4 is 5.32 Å². The third-order valence-electron chi connectivity index (χ3n) is 8.24. The summed E-state index contributed by atoms with van der Waals surface area (Å²) in [5, 5.41) is 83.3. The molecule has 3 aromatic heterocycles. The Balaban J connectivity index is 1.23. The summed E-state index contributed by atoms with van der Waals surface area (Å²) in [7, 11) is 0. The number of ether oxygens (including phenoxy) is 2. The number of nitrogens with zero attached hydrogens (tertiary/aromatic N) is 7. The molecular weight excluding hydrogens is 693 g/mol. The first kappa shape index (κ1) is 35.8. The summed E-state index contributed by atoms with van der Waals surface area (Å²) in [6.07, 6.45) is -4.85. The van der Waals surface area contributed by atoms with E-state index < -0.39 is 90.2 Å². The second-order valence-corrected chi connectivity index (χ2v) is 12.8. The number of aliphatic hydroxyl groups is 6. The lowest BCUT2D eigenvalue weighted by Gasteiger charge is -2.46. The van der Waals surface area contributed by atoms with Gasteiger partial charge in [0.25, 0.3) is 0 Å². The standard InChI is InChI=1S/C29H31F3N8O9S/c1-11(43)34-20-3-2-12(6-33-20)16-7-39(37-35-16)22-24(44)18(9-41)48-28(26(22)46)50-29-27(47)23(25(45)19(10-42)49-29)40-8-17(36-38-40)13-4-14(30)21(32)15(31)5-13/h2-8,18-19,22-29,41-42,44-47H,9-10H2,1H3,(H,33,34,43)/t18-,19?,22?,23?,24?,25+,26-,27+,28?,29+/m1/s1. The SMILES string of the molecule is CC(=O)Nc1ccc(-c2cn(C3C(O)[C@@H](CO)OC(S[C@@H]4OC(CO)[C@H](O)C(n5cc(-c6cc(F)c(F)c(F)c6)nn5)[C@@H]4O)[C@@H]3O)nn2)cn1. The lowest BCUT2D eigenvalue weighted by atomic mass is 9.97. The molecule has 2 aliphatic heterocycles. The fourth-order valence-electron chi connectivity index (χ4n) is 5.73. The van der Waals surface area contributed by atoms with Crippen LogP contribution in [0.1, 0.15) is 19.0 Å². The zero-order valence-corrected chi connectivity index (χ0v) is 26.6. The number of halogens is 3. The normalized spacial score (nSPS) is 30.0. The Bertz CT molecular complexity index is 1800. The molecule has 0 bridgehead atoms. The van der Waals surface area contributed by atoms with E-state index in [4.69, 9.17) is 9.47 Å². The molecule has 0 spiro atoms. The van der Waals surface area contributed by atoms with E-state index in [2.05, 4.69) is 30.9 Å². The number of anilines is 1. The number of benzene rings is 1. The Morgan fingerprint density at radius 3 is 1.76 bits per heavy atom. The van der Waals surface area contributed by atoms with Crippen molar-refractivity contribution in [2.45, 2.75) is 66.5 Å². The van der Waals surface area contributed by atoms with Gasteiger partial charge in [-0.05, 0) is 24.3 Å². The monoisotopic (exact) mass is 724 g/mol. The van der Waals surface area contributed by atoms with Crippen molar-refractivity contribution in [2.75, 3.05) is 18.5 Å². The fourth-order valence-corrected chi connectivity index (χ4v) is 7.05. The summed E-state index contributed by atoms with van der Waals surface area (Å²) < 4.78 is 55.0. The van der Waals surface area contributed by atoms with Crippen molar-refractivity contribution in [3.63, 3.8) is 0 Å². The highest BCUT2D eigenvalue weighted by Gasteiger charge is 2.51. The van der Waals surface area contributed by atoms with Crippen molar-refractivity contribution >= 4 is 23.5 Å². The summed E-state index contributed by atoms with van der Waals surface area (Å²) in [5.41, 5.74) is -2.16. The number of hydrogen-bond donors (Lipinski definition) is 7. The molecule has 268 valence electrons. The average molecular weight is 725 g/mol. The van der Waals surface area contributed by atoms with Crippen LogP contribution >= 0.6 is 11.8 Å². The third-order valence-corrected chi connectivity index (χ3v) is 9.56. The number of rotatable bonds is 9. The maximum atomic E-state index is 13.9. The number of aromatic nitrogens is 7. The summed E-state index contributed by atoms with van der Waals surface area (Å²) in [6.45, 7) is -0.0741. The molecule has 2 saturated heterocycles. The number of carbonyl (C=O) groups is 1. The summed E-state index contributed by atoms with van der Waals surface area (Å²) >= 11 is 0.718. The highest BCUT2D eigenvalue weighted by atomic mass is 32.2.